The first-order valence-corrected chi connectivity index (χ1v) is 7.03. The van der Waals surface area contributed by atoms with E-state index in [0.717, 1.165) is 12.6 Å². The van der Waals surface area contributed by atoms with Crippen molar-refractivity contribution in [3.63, 3.8) is 0 Å². The van der Waals surface area contributed by atoms with Crippen LogP contribution in [0.3, 0.4) is 0 Å². The Morgan fingerprint density at radius 2 is 1.31 bits per heavy atom. The van der Waals surface area contributed by atoms with Gasteiger partial charge in [-0.1, -0.05) is 0 Å². The molecule has 0 radical (unpaired) electrons. The van der Waals surface area contributed by atoms with E-state index in [-0.39, 0.29) is 0 Å². The molecule has 0 aromatic rings. The Morgan fingerprint density at radius 1 is 0.812 bits per heavy atom. The standard InChI is InChI=1S/C12H30N4/c1-12(2)16-11-5-10-15-9-4-8-14-7-3-6-13/h12,14-16H,3-11,13H2,1-2H3/p+4. The molecule has 0 aliphatic heterocycles. The Balaban J connectivity index is 2.88. The zero-order chi connectivity index (χ0) is 12.1. The molecule has 0 fully saturated rings. The van der Waals surface area contributed by atoms with Gasteiger partial charge in [-0.05, 0) is 13.8 Å². The molecular weight excluding hydrogens is 200 g/mol. The van der Waals surface area contributed by atoms with Crippen LogP contribution in [-0.4, -0.2) is 45.3 Å². The van der Waals surface area contributed by atoms with Gasteiger partial charge in [0.05, 0.1) is 45.3 Å². The number of rotatable bonds is 12. The molecule has 0 saturated heterocycles. The van der Waals surface area contributed by atoms with Crippen molar-refractivity contribution in [1.29, 1.82) is 0 Å². The molecule has 0 amide bonds. The minimum Gasteiger partial charge on any atom is -0.357 e. The average Bonchev–Trinajstić information content (AvgIpc) is 2.25. The minimum absolute atomic E-state index is 0.752. The molecule has 0 aliphatic carbocycles. The van der Waals surface area contributed by atoms with Gasteiger partial charge in [0.2, 0.25) is 0 Å². The summed E-state index contributed by atoms with van der Waals surface area (Å²) in [5.74, 6) is 0. The van der Waals surface area contributed by atoms with Crippen molar-refractivity contribution in [2.24, 2.45) is 0 Å². The van der Waals surface area contributed by atoms with E-state index < -0.39 is 0 Å². The van der Waals surface area contributed by atoms with Gasteiger partial charge < -0.3 is 21.7 Å². The zero-order valence-electron chi connectivity index (χ0n) is 11.4. The van der Waals surface area contributed by atoms with Crippen LogP contribution in [0.15, 0.2) is 0 Å². The zero-order valence-corrected chi connectivity index (χ0v) is 11.4. The van der Waals surface area contributed by atoms with E-state index in [1.54, 1.807) is 0 Å². The molecule has 0 aromatic heterocycles. The van der Waals surface area contributed by atoms with Gasteiger partial charge in [-0.15, -0.1) is 0 Å². The maximum atomic E-state index is 3.84. The number of nitrogens with two attached hydrogens (primary N) is 3. The van der Waals surface area contributed by atoms with Crippen molar-refractivity contribution in [1.82, 2.24) is 0 Å². The fourth-order valence-corrected chi connectivity index (χ4v) is 1.70. The highest BCUT2D eigenvalue weighted by Crippen LogP contribution is 1.67. The molecule has 0 heterocycles. The van der Waals surface area contributed by atoms with Gasteiger partial charge in [0.15, 0.2) is 0 Å². The van der Waals surface area contributed by atoms with Crippen LogP contribution in [0, 0.1) is 0 Å². The van der Waals surface area contributed by atoms with Crippen molar-refractivity contribution < 1.29 is 21.7 Å². The molecule has 4 heteroatoms. The molecule has 0 aliphatic rings. The molecule has 0 atom stereocenters. The third-order valence-corrected chi connectivity index (χ3v) is 2.73. The van der Waals surface area contributed by atoms with Crippen molar-refractivity contribution >= 4 is 0 Å². The van der Waals surface area contributed by atoms with Crippen molar-refractivity contribution in [3.05, 3.63) is 0 Å². The van der Waals surface area contributed by atoms with Gasteiger partial charge in [0.25, 0.3) is 0 Å². The van der Waals surface area contributed by atoms with E-state index in [2.05, 4.69) is 35.5 Å². The maximum absolute atomic E-state index is 3.84. The largest absolute Gasteiger partial charge is 0.357 e. The van der Waals surface area contributed by atoms with E-state index in [9.17, 15) is 0 Å². The Morgan fingerprint density at radius 3 is 1.81 bits per heavy atom. The van der Waals surface area contributed by atoms with Crippen LogP contribution < -0.4 is 21.7 Å². The molecule has 9 N–H and O–H groups in total. The normalized spacial score (nSPS) is 11.2. The lowest BCUT2D eigenvalue weighted by Crippen LogP contribution is -2.91. The lowest BCUT2D eigenvalue weighted by molar-refractivity contribution is -0.701. The molecular formula is C12H34N4+4. The van der Waals surface area contributed by atoms with E-state index >= 15 is 0 Å². The van der Waals surface area contributed by atoms with Gasteiger partial charge >= 0.3 is 0 Å². The third kappa shape index (κ3) is 13.8. The molecule has 16 heavy (non-hydrogen) atoms. The predicted octanol–water partition coefficient (Wildman–Crippen LogP) is -3.50. The summed E-state index contributed by atoms with van der Waals surface area (Å²) in [5.41, 5.74) is 3.84. The second kappa shape index (κ2) is 12.9. The highest BCUT2D eigenvalue weighted by Gasteiger charge is 1.97. The summed E-state index contributed by atoms with van der Waals surface area (Å²) >= 11 is 0. The van der Waals surface area contributed by atoms with Gasteiger partial charge in [-0.25, -0.2) is 0 Å². The quantitative estimate of drug-likeness (QED) is 0.253. The summed E-state index contributed by atoms with van der Waals surface area (Å²) < 4.78 is 0. The van der Waals surface area contributed by atoms with Crippen molar-refractivity contribution in [2.75, 3.05) is 39.3 Å². The number of hydrogen-bond donors (Lipinski definition) is 4. The highest BCUT2D eigenvalue weighted by atomic mass is 14.9. The lowest BCUT2D eigenvalue weighted by atomic mass is 10.3. The first kappa shape index (κ1) is 15.8. The maximum Gasteiger partial charge on any atom is 0.0811 e. The summed E-state index contributed by atoms with van der Waals surface area (Å²) in [6.45, 7) is 12.0. The first-order valence-electron chi connectivity index (χ1n) is 7.03. The van der Waals surface area contributed by atoms with Crippen LogP contribution in [0.5, 0.6) is 0 Å². The monoisotopic (exact) mass is 234 g/mol. The predicted molar refractivity (Wildman–Crippen MR) is 66.9 cm³/mol. The van der Waals surface area contributed by atoms with Crippen molar-refractivity contribution in [3.8, 4) is 0 Å². The molecule has 0 rings (SSSR count). The number of quaternary nitrogens is 4. The average molecular weight is 234 g/mol. The smallest absolute Gasteiger partial charge is 0.0811 e. The Hall–Kier alpha value is -0.160. The molecule has 0 saturated carbocycles. The second-order valence-corrected chi connectivity index (χ2v) is 4.91. The third-order valence-electron chi connectivity index (χ3n) is 2.73. The van der Waals surface area contributed by atoms with Crippen molar-refractivity contribution in [2.45, 2.75) is 39.2 Å². The van der Waals surface area contributed by atoms with Crippen LogP contribution in [-0.2, 0) is 0 Å². The fraction of sp³-hybridized carbons (Fsp3) is 1.00. The van der Waals surface area contributed by atoms with Crippen LogP contribution in [0.1, 0.15) is 33.1 Å². The Labute approximate surface area is 101 Å². The van der Waals surface area contributed by atoms with E-state index in [4.69, 9.17) is 0 Å². The summed E-state index contributed by atoms with van der Waals surface area (Å²) in [5, 5.41) is 7.30. The van der Waals surface area contributed by atoms with Crippen LogP contribution in [0.4, 0.5) is 0 Å². The van der Waals surface area contributed by atoms with Crippen LogP contribution in [0.25, 0.3) is 0 Å². The topological polar surface area (TPSA) is 77.5 Å². The Kier molecular flexibility index (Phi) is 12.8. The minimum atomic E-state index is 0.752. The molecule has 0 unspecified atom stereocenters. The molecule has 0 bridgehead atoms. The summed E-state index contributed by atoms with van der Waals surface area (Å²) in [4.78, 5) is 0. The fourth-order valence-electron chi connectivity index (χ4n) is 1.70. The lowest BCUT2D eigenvalue weighted by Gasteiger charge is -2.04. The van der Waals surface area contributed by atoms with E-state index in [1.165, 1.54) is 52.0 Å². The second-order valence-electron chi connectivity index (χ2n) is 4.91. The van der Waals surface area contributed by atoms with Gasteiger partial charge in [0, 0.05) is 19.3 Å². The van der Waals surface area contributed by atoms with Gasteiger partial charge in [-0.2, -0.15) is 0 Å². The Bertz CT molecular complexity index is 128. The molecule has 0 aromatic carbocycles. The van der Waals surface area contributed by atoms with Gasteiger partial charge in [0.1, 0.15) is 0 Å². The number of hydrogen-bond acceptors (Lipinski definition) is 0. The SMILES string of the molecule is CC(C)[NH2+]CCC[NH2+]CCC[NH2+]CCC[NH3+]. The first-order chi connectivity index (χ1) is 7.77. The van der Waals surface area contributed by atoms with Gasteiger partial charge in [-0.3, -0.25) is 0 Å². The highest BCUT2D eigenvalue weighted by molar-refractivity contribution is 4.32. The molecule has 0 spiro atoms. The molecule has 4 nitrogen and oxygen atoms in total. The van der Waals surface area contributed by atoms with E-state index in [1.807, 2.05) is 0 Å². The molecule has 98 valence electrons. The summed E-state index contributed by atoms with van der Waals surface area (Å²) in [6, 6.07) is 0.752. The van der Waals surface area contributed by atoms with Crippen LogP contribution in [0.2, 0.25) is 0 Å². The van der Waals surface area contributed by atoms with E-state index in [0.29, 0.717) is 0 Å². The van der Waals surface area contributed by atoms with Crippen LogP contribution >= 0.6 is 0 Å². The summed E-state index contributed by atoms with van der Waals surface area (Å²) in [7, 11) is 0. The summed E-state index contributed by atoms with van der Waals surface area (Å²) in [6.07, 6.45) is 3.93.